The monoisotopic (exact) mass is 349 g/mol. The van der Waals surface area contributed by atoms with E-state index in [0.717, 1.165) is 18.7 Å². The SMILES string of the molecule is CC(C)Oc1ccc(NC(=O)C(C)(C)C(=O)NCCCN(C)C)cc1. The highest BCUT2D eigenvalue weighted by molar-refractivity contribution is 6.09. The largest absolute Gasteiger partial charge is 0.491 e. The molecule has 0 aliphatic carbocycles. The molecule has 0 bridgehead atoms. The molecule has 1 aromatic rings. The predicted molar refractivity (Wildman–Crippen MR) is 101 cm³/mol. The minimum Gasteiger partial charge on any atom is -0.491 e. The molecule has 0 aliphatic rings. The van der Waals surface area contributed by atoms with Crippen molar-refractivity contribution in [3.8, 4) is 5.75 Å². The number of rotatable bonds is 9. The summed E-state index contributed by atoms with van der Waals surface area (Å²) in [6.45, 7) is 8.59. The van der Waals surface area contributed by atoms with Gasteiger partial charge in [0.2, 0.25) is 11.8 Å². The van der Waals surface area contributed by atoms with Crippen molar-refractivity contribution in [2.24, 2.45) is 5.41 Å². The molecule has 25 heavy (non-hydrogen) atoms. The number of hydrogen-bond donors (Lipinski definition) is 2. The maximum absolute atomic E-state index is 12.5. The lowest BCUT2D eigenvalue weighted by Gasteiger charge is -2.23. The number of anilines is 1. The van der Waals surface area contributed by atoms with Crippen LogP contribution in [0.25, 0.3) is 0 Å². The molecular weight excluding hydrogens is 318 g/mol. The highest BCUT2D eigenvalue weighted by atomic mass is 16.5. The number of benzene rings is 1. The highest BCUT2D eigenvalue weighted by Gasteiger charge is 2.35. The first-order valence-corrected chi connectivity index (χ1v) is 8.64. The number of carbonyl (C=O) groups excluding carboxylic acids is 2. The molecule has 6 nitrogen and oxygen atoms in total. The van der Waals surface area contributed by atoms with E-state index >= 15 is 0 Å². The Kier molecular flexibility index (Phi) is 7.90. The first-order valence-electron chi connectivity index (χ1n) is 8.64. The normalized spacial score (nSPS) is 11.5. The summed E-state index contributed by atoms with van der Waals surface area (Å²) in [6.07, 6.45) is 0.934. The van der Waals surface area contributed by atoms with Crippen molar-refractivity contribution in [2.75, 3.05) is 32.5 Å². The average Bonchev–Trinajstić information content (AvgIpc) is 2.52. The van der Waals surface area contributed by atoms with Crippen LogP contribution >= 0.6 is 0 Å². The summed E-state index contributed by atoms with van der Waals surface area (Å²) in [7, 11) is 3.97. The van der Waals surface area contributed by atoms with Crippen molar-refractivity contribution in [1.82, 2.24) is 10.2 Å². The van der Waals surface area contributed by atoms with E-state index in [9.17, 15) is 9.59 Å². The van der Waals surface area contributed by atoms with Gasteiger partial charge in [-0.05, 0) is 79.0 Å². The Hall–Kier alpha value is -2.08. The van der Waals surface area contributed by atoms with Gasteiger partial charge in [-0.1, -0.05) is 0 Å². The van der Waals surface area contributed by atoms with E-state index in [1.54, 1.807) is 38.1 Å². The van der Waals surface area contributed by atoms with Crippen LogP contribution in [0, 0.1) is 5.41 Å². The lowest BCUT2D eigenvalue weighted by molar-refractivity contribution is -0.138. The molecular formula is C19H31N3O3. The molecule has 0 aromatic heterocycles. The topological polar surface area (TPSA) is 70.7 Å². The smallest absolute Gasteiger partial charge is 0.239 e. The standard InChI is InChI=1S/C19H31N3O3/c1-14(2)25-16-10-8-15(9-11-16)21-18(24)19(3,4)17(23)20-12-7-13-22(5)6/h8-11,14H,7,12-13H2,1-6H3,(H,20,23)(H,21,24). The van der Waals surface area contributed by atoms with Gasteiger partial charge in [0.05, 0.1) is 6.10 Å². The molecule has 0 aliphatic heterocycles. The van der Waals surface area contributed by atoms with Gasteiger partial charge in [-0.2, -0.15) is 0 Å². The van der Waals surface area contributed by atoms with Crippen LogP contribution in [0.2, 0.25) is 0 Å². The highest BCUT2D eigenvalue weighted by Crippen LogP contribution is 2.21. The summed E-state index contributed by atoms with van der Waals surface area (Å²) < 4.78 is 5.57. The Balaban J connectivity index is 2.57. The third kappa shape index (κ3) is 7.13. The summed E-state index contributed by atoms with van der Waals surface area (Å²) in [5.41, 5.74) is -0.514. The number of ether oxygens (including phenoxy) is 1. The van der Waals surface area contributed by atoms with Crippen LogP contribution in [0.15, 0.2) is 24.3 Å². The second-order valence-electron chi connectivity index (χ2n) is 7.18. The van der Waals surface area contributed by atoms with Gasteiger partial charge in [-0.25, -0.2) is 0 Å². The summed E-state index contributed by atoms with van der Waals surface area (Å²) in [5, 5.41) is 5.62. The fourth-order valence-corrected chi connectivity index (χ4v) is 2.10. The van der Waals surface area contributed by atoms with Crippen LogP contribution in [-0.2, 0) is 9.59 Å². The maximum Gasteiger partial charge on any atom is 0.239 e. The van der Waals surface area contributed by atoms with E-state index in [1.807, 2.05) is 27.9 Å². The molecule has 0 atom stereocenters. The number of nitrogens with one attached hydrogen (secondary N) is 2. The lowest BCUT2D eigenvalue weighted by Crippen LogP contribution is -2.45. The van der Waals surface area contributed by atoms with E-state index in [4.69, 9.17) is 4.74 Å². The summed E-state index contributed by atoms with van der Waals surface area (Å²) in [6, 6.07) is 7.12. The van der Waals surface area contributed by atoms with Gasteiger partial charge in [0.15, 0.2) is 0 Å². The summed E-state index contributed by atoms with van der Waals surface area (Å²) in [4.78, 5) is 26.8. The molecule has 6 heteroatoms. The van der Waals surface area contributed by atoms with Crippen molar-refractivity contribution in [1.29, 1.82) is 0 Å². The molecule has 1 aromatic carbocycles. The Morgan fingerprint density at radius 1 is 1.12 bits per heavy atom. The molecule has 2 N–H and O–H groups in total. The molecule has 1 rings (SSSR count). The van der Waals surface area contributed by atoms with Gasteiger partial charge < -0.3 is 20.3 Å². The number of carbonyl (C=O) groups is 2. The fraction of sp³-hybridized carbons (Fsp3) is 0.579. The van der Waals surface area contributed by atoms with Crippen molar-refractivity contribution >= 4 is 17.5 Å². The summed E-state index contributed by atoms with van der Waals surface area (Å²) in [5.74, 6) is 0.129. The quantitative estimate of drug-likeness (QED) is 0.531. The molecule has 0 radical (unpaired) electrons. The summed E-state index contributed by atoms with van der Waals surface area (Å²) >= 11 is 0. The number of nitrogens with zero attached hydrogens (tertiary/aromatic N) is 1. The van der Waals surface area contributed by atoms with Gasteiger partial charge in [-0.3, -0.25) is 9.59 Å². The lowest BCUT2D eigenvalue weighted by atomic mass is 9.91. The first kappa shape index (κ1) is 21.0. The van der Waals surface area contributed by atoms with Crippen molar-refractivity contribution in [3.05, 3.63) is 24.3 Å². The van der Waals surface area contributed by atoms with Gasteiger partial charge >= 0.3 is 0 Å². The molecule has 0 saturated carbocycles. The zero-order valence-corrected chi connectivity index (χ0v) is 16.2. The third-order valence-corrected chi connectivity index (χ3v) is 3.69. The van der Waals surface area contributed by atoms with E-state index in [2.05, 4.69) is 15.5 Å². The van der Waals surface area contributed by atoms with Crippen LogP contribution in [0.4, 0.5) is 5.69 Å². The van der Waals surface area contributed by atoms with Crippen molar-refractivity contribution in [3.63, 3.8) is 0 Å². The van der Waals surface area contributed by atoms with Gasteiger partial charge in [0, 0.05) is 12.2 Å². The van der Waals surface area contributed by atoms with Crippen molar-refractivity contribution in [2.45, 2.75) is 40.2 Å². The molecule has 0 fully saturated rings. The Morgan fingerprint density at radius 3 is 2.24 bits per heavy atom. The van der Waals surface area contributed by atoms with Crippen molar-refractivity contribution < 1.29 is 14.3 Å². The second kappa shape index (κ2) is 9.42. The van der Waals surface area contributed by atoms with E-state index in [1.165, 1.54) is 0 Å². The molecule has 0 unspecified atom stereocenters. The van der Waals surface area contributed by atoms with E-state index < -0.39 is 5.41 Å². The predicted octanol–water partition coefficient (Wildman–Crippen LogP) is 2.51. The maximum atomic E-state index is 12.5. The van der Waals surface area contributed by atoms with Crippen LogP contribution in [0.3, 0.4) is 0 Å². The third-order valence-electron chi connectivity index (χ3n) is 3.69. The number of amides is 2. The molecule has 0 saturated heterocycles. The van der Waals surface area contributed by atoms with Crippen LogP contribution in [0.1, 0.15) is 34.1 Å². The minimum atomic E-state index is -1.15. The van der Waals surface area contributed by atoms with E-state index in [-0.39, 0.29) is 17.9 Å². The van der Waals surface area contributed by atoms with Gasteiger partial charge in [0.1, 0.15) is 11.2 Å². The van der Waals surface area contributed by atoms with Gasteiger partial charge in [0.25, 0.3) is 0 Å². The van der Waals surface area contributed by atoms with E-state index in [0.29, 0.717) is 12.2 Å². The van der Waals surface area contributed by atoms with Crippen LogP contribution in [0.5, 0.6) is 5.75 Å². The average molecular weight is 349 g/mol. The fourth-order valence-electron chi connectivity index (χ4n) is 2.10. The molecule has 0 heterocycles. The van der Waals surface area contributed by atoms with Crippen LogP contribution < -0.4 is 15.4 Å². The molecule has 140 valence electrons. The molecule has 0 spiro atoms. The zero-order valence-electron chi connectivity index (χ0n) is 16.2. The Morgan fingerprint density at radius 2 is 1.72 bits per heavy atom. The number of hydrogen-bond acceptors (Lipinski definition) is 4. The Bertz CT molecular complexity index is 566. The minimum absolute atomic E-state index is 0.0931. The first-order chi connectivity index (χ1) is 11.6. The zero-order chi connectivity index (χ0) is 19.0. The second-order valence-corrected chi connectivity index (χ2v) is 7.18. The Labute approximate surface area is 150 Å². The van der Waals surface area contributed by atoms with Crippen LogP contribution in [-0.4, -0.2) is 50.0 Å². The van der Waals surface area contributed by atoms with Gasteiger partial charge in [-0.15, -0.1) is 0 Å². The molecule has 2 amide bonds.